The zero-order valence-electron chi connectivity index (χ0n) is 20.6. The summed E-state index contributed by atoms with van der Waals surface area (Å²) < 4.78 is 0. The van der Waals surface area contributed by atoms with Gasteiger partial charge in [0.15, 0.2) is 0 Å². The lowest BCUT2D eigenvalue weighted by Crippen LogP contribution is -2.52. The number of hydrogen-bond donors (Lipinski definition) is 1. The molecule has 3 rings (SSSR count). The van der Waals surface area contributed by atoms with Crippen LogP contribution in [0.3, 0.4) is 0 Å². The number of hydrogen-bond acceptors (Lipinski definition) is 3. The van der Waals surface area contributed by atoms with Gasteiger partial charge in [-0.2, -0.15) is 0 Å². The third kappa shape index (κ3) is 8.58. The Labute approximate surface area is 228 Å². The van der Waals surface area contributed by atoms with Gasteiger partial charge in [-0.1, -0.05) is 78.7 Å². The van der Waals surface area contributed by atoms with Crippen LogP contribution in [0.1, 0.15) is 37.8 Å². The minimum atomic E-state index is -0.661. The number of amides is 2. The second-order valence-corrected chi connectivity index (χ2v) is 10.7. The summed E-state index contributed by atoms with van der Waals surface area (Å²) in [5.41, 5.74) is 1.81. The first-order valence-corrected chi connectivity index (χ1v) is 13.9. The van der Waals surface area contributed by atoms with Crippen LogP contribution in [0, 0.1) is 0 Å². The molecule has 0 heterocycles. The summed E-state index contributed by atoms with van der Waals surface area (Å²) >= 11 is 14.0. The lowest BCUT2D eigenvalue weighted by molar-refractivity contribution is -0.141. The van der Waals surface area contributed by atoms with E-state index in [0.717, 1.165) is 22.4 Å². The molecule has 2 amide bonds. The monoisotopic (exact) mass is 542 g/mol. The Hall–Kier alpha value is -2.47. The normalized spacial score (nSPS) is 12.6. The van der Waals surface area contributed by atoms with Gasteiger partial charge in [0.05, 0.1) is 0 Å². The Morgan fingerprint density at radius 3 is 2.28 bits per heavy atom. The molecule has 36 heavy (non-hydrogen) atoms. The van der Waals surface area contributed by atoms with Gasteiger partial charge in [0.1, 0.15) is 6.04 Å². The third-order valence-electron chi connectivity index (χ3n) is 5.97. The minimum Gasteiger partial charge on any atom is -0.352 e. The van der Waals surface area contributed by atoms with Crippen LogP contribution in [0.4, 0.5) is 0 Å². The second kappa shape index (κ2) is 14.3. The maximum Gasteiger partial charge on any atom is 0.243 e. The first-order valence-electron chi connectivity index (χ1n) is 12.1. The molecule has 0 saturated heterocycles. The van der Waals surface area contributed by atoms with E-state index in [2.05, 4.69) is 5.32 Å². The fourth-order valence-corrected chi connectivity index (χ4v) is 4.90. The molecule has 0 aliphatic carbocycles. The SMILES string of the molecule is CC[C@@H](C)NC(=O)[C@H](Cc1ccccc1)N(Cc1ccccc1Cl)C(=O)CCSc1ccc(Cl)cc1. The number of halogens is 2. The van der Waals surface area contributed by atoms with Gasteiger partial charge in [-0.15, -0.1) is 11.8 Å². The van der Waals surface area contributed by atoms with Crippen LogP contribution in [-0.2, 0) is 22.6 Å². The zero-order chi connectivity index (χ0) is 25.9. The summed E-state index contributed by atoms with van der Waals surface area (Å²) in [6.45, 7) is 4.26. The molecule has 0 aliphatic heterocycles. The number of nitrogens with zero attached hydrogens (tertiary/aromatic N) is 1. The summed E-state index contributed by atoms with van der Waals surface area (Å²) in [5, 5.41) is 4.34. The number of rotatable bonds is 12. The zero-order valence-corrected chi connectivity index (χ0v) is 23.0. The van der Waals surface area contributed by atoms with Crippen molar-refractivity contribution in [3.63, 3.8) is 0 Å². The van der Waals surface area contributed by atoms with Gasteiger partial charge in [-0.05, 0) is 54.8 Å². The van der Waals surface area contributed by atoms with Crippen LogP contribution in [0.2, 0.25) is 10.0 Å². The summed E-state index contributed by atoms with van der Waals surface area (Å²) in [7, 11) is 0. The van der Waals surface area contributed by atoms with Crippen molar-refractivity contribution in [3.8, 4) is 0 Å². The molecule has 2 atom stereocenters. The van der Waals surface area contributed by atoms with Crippen LogP contribution < -0.4 is 5.32 Å². The fraction of sp³-hybridized carbons (Fsp3) is 0.310. The molecule has 7 heteroatoms. The van der Waals surface area contributed by atoms with Crippen LogP contribution in [0.15, 0.2) is 83.8 Å². The molecule has 4 nitrogen and oxygen atoms in total. The smallest absolute Gasteiger partial charge is 0.243 e. The van der Waals surface area contributed by atoms with E-state index in [1.165, 1.54) is 0 Å². The average Bonchev–Trinajstić information content (AvgIpc) is 2.88. The van der Waals surface area contributed by atoms with Gasteiger partial charge in [0.25, 0.3) is 0 Å². The topological polar surface area (TPSA) is 49.4 Å². The van der Waals surface area contributed by atoms with Crippen LogP contribution in [-0.4, -0.2) is 34.6 Å². The van der Waals surface area contributed by atoms with E-state index >= 15 is 0 Å². The maximum atomic E-state index is 13.7. The molecule has 0 saturated carbocycles. The minimum absolute atomic E-state index is 0.00787. The first kappa shape index (κ1) is 28.1. The quantitative estimate of drug-likeness (QED) is 0.250. The van der Waals surface area contributed by atoms with Crippen molar-refractivity contribution in [2.45, 2.75) is 56.6 Å². The lowest BCUT2D eigenvalue weighted by Gasteiger charge is -2.32. The van der Waals surface area contributed by atoms with E-state index < -0.39 is 6.04 Å². The number of benzene rings is 3. The van der Waals surface area contributed by atoms with E-state index in [-0.39, 0.29) is 24.4 Å². The number of nitrogens with one attached hydrogen (secondary N) is 1. The summed E-state index contributed by atoms with van der Waals surface area (Å²) in [6.07, 6.45) is 1.52. The third-order valence-corrected chi connectivity index (χ3v) is 7.60. The maximum absolute atomic E-state index is 13.7. The predicted molar refractivity (Wildman–Crippen MR) is 151 cm³/mol. The summed E-state index contributed by atoms with van der Waals surface area (Å²) in [6, 6.07) is 24.2. The van der Waals surface area contributed by atoms with Gasteiger partial charge in [0.2, 0.25) is 11.8 Å². The van der Waals surface area contributed by atoms with Gasteiger partial charge in [-0.3, -0.25) is 9.59 Å². The molecule has 3 aromatic rings. The first-order chi connectivity index (χ1) is 17.4. The highest BCUT2D eigenvalue weighted by Crippen LogP contribution is 2.24. The van der Waals surface area contributed by atoms with E-state index in [1.807, 2.05) is 86.6 Å². The van der Waals surface area contributed by atoms with Crippen molar-refractivity contribution in [3.05, 3.63) is 100 Å². The van der Waals surface area contributed by atoms with Crippen LogP contribution >= 0.6 is 35.0 Å². The predicted octanol–water partition coefficient (Wildman–Crippen LogP) is 7.03. The van der Waals surface area contributed by atoms with E-state index in [0.29, 0.717) is 28.6 Å². The van der Waals surface area contributed by atoms with Crippen LogP contribution in [0.5, 0.6) is 0 Å². The molecule has 0 unspecified atom stereocenters. The van der Waals surface area contributed by atoms with Gasteiger partial charge in [0, 0.05) is 46.1 Å². The molecule has 0 aromatic heterocycles. The Bertz CT molecular complexity index is 1130. The van der Waals surface area contributed by atoms with E-state index in [1.54, 1.807) is 22.7 Å². The molecular weight excluding hydrogens is 511 g/mol. The van der Waals surface area contributed by atoms with Crippen molar-refractivity contribution >= 4 is 46.8 Å². The lowest BCUT2D eigenvalue weighted by atomic mass is 10.0. The molecule has 0 spiro atoms. The Balaban J connectivity index is 1.86. The van der Waals surface area contributed by atoms with Crippen molar-refractivity contribution in [2.75, 3.05) is 5.75 Å². The van der Waals surface area contributed by atoms with Crippen molar-refractivity contribution in [2.24, 2.45) is 0 Å². The molecular formula is C29H32Cl2N2O2S. The van der Waals surface area contributed by atoms with Crippen molar-refractivity contribution < 1.29 is 9.59 Å². The summed E-state index contributed by atoms with van der Waals surface area (Å²) in [5.74, 6) is 0.348. The standard InChI is InChI=1S/C29H32Cl2N2O2S/c1-3-21(2)32-29(35)27(19-22-9-5-4-6-10-22)33(20-23-11-7-8-12-26(23)31)28(34)17-18-36-25-15-13-24(30)14-16-25/h4-16,21,27H,3,17-20H2,1-2H3,(H,32,35)/t21-,27+/m1/s1. The molecule has 3 aromatic carbocycles. The van der Waals surface area contributed by atoms with Crippen molar-refractivity contribution in [1.29, 1.82) is 0 Å². The number of thioether (sulfide) groups is 1. The molecule has 0 bridgehead atoms. The van der Waals surface area contributed by atoms with Gasteiger partial charge >= 0.3 is 0 Å². The second-order valence-electron chi connectivity index (χ2n) is 8.69. The Morgan fingerprint density at radius 2 is 1.61 bits per heavy atom. The number of carbonyl (C=O) groups excluding carboxylic acids is 2. The highest BCUT2D eigenvalue weighted by atomic mass is 35.5. The molecule has 0 aliphatic rings. The van der Waals surface area contributed by atoms with Crippen molar-refractivity contribution in [1.82, 2.24) is 10.2 Å². The molecule has 190 valence electrons. The fourth-order valence-electron chi connectivity index (χ4n) is 3.74. The largest absolute Gasteiger partial charge is 0.352 e. The molecule has 0 radical (unpaired) electrons. The summed E-state index contributed by atoms with van der Waals surface area (Å²) in [4.78, 5) is 29.9. The molecule has 0 fully saturated rings. The highest BCUT2D eigenvalue weighted by Gasteiger charge is 2.31. The van der Waals surface area contributed by atoms with Crippen LogP contribution in [0.25, 0.3) is 0 Å². The van der Waals surface area contributed by atoms with Gasteiger partial charge < -0.3 is 10.2 Å². The Kier molecular flexibility index (Phi) is 11.2. The Morgan fingerprint density at radius 1 is 0.944 bits per heavy atom. The molecule has 1 N–H and O–H groups in total. The average molecular weight is 544 g/mol. The van der Waals surface area contributed by atoms with E-state index in [9.17, 15) is 9.59 Å². The van der Waals surface area contributed by atoms with Gasteiger partial charge in [-0.25, -0.2) is 0 Å². The van der Waals surface area contributed by atoms with E-state index in [4.69, 9.17) is 23.2 Å². The highest BCUT2D eigenvalue weighted by molar-refractivity contribution is 7.99. The number of carbonyl (C=O) groups is 2.